The molecular weight excluding hydrogens is 278 g/mol. The Kier molecular flexibility index (Phi) is 2.73. The Labute approximate surface area is 126 Å². The van der Waals surface area contributed by atoms with Crippen LogP contribution >= 0.6 is 0 Å². The van der Waals surface area contributed by atoms with Crippen molar-refractivity contribution < 1.29 is 4.79 Å². The number of rotatable bonds is 2. The van der Waals surface area contributed by atoms with Crippen molar-refractivity contribution in [2.75, 3.05) is 12.0 Å². The fraction of sp³-hybridized carbons (Fsp3) is 0.188. The predicted octanol–water partition coefficient (Wildman–Crippen LogP) is 2.04. The van der Waals surface area contributed by atoms with Crippen LogP contribution in [0.2, 0.25) is 0 Å². The van der Waals surface area contributed by atoms with Gasteiger partial charge in [0.15, 0.2) is 5.82 Å². The van der Waals surface area contributed by atoms with Crippen LogP contribution in [0.1, 0.15) is 18.4 Å². The minimum absolute atomic E-state index is 0.0796. The molecule has 22 heavy (non-hydrogen) atoms. The Morgan fingerprint density at radius 3 is 3.05 bits per heavy atom. The maximum Gasteiger partial charge on any atom is 0.241 e. The van der Waals surface area contributed by atoms with E-state index in [1.807, 2.05) is 18.2 Å². The van der Waals surface area contributed by atoms with Crippen LogP contribution in [0, 0.1) is 12.3 Å². The average molecular weight is 291 g/mol. The standard InChI is InChI=1S/C16H13N5O/c1-2-10-5-6-12-11(8-10)14-15(19-12)17-9-18-16(14)20-21-7-3-4-13(21)22/h1,5-6,8-9H,3-4,7H2,(H2,17,18,19,20). The number of nitrogens with one attached hydrogen (secondary N) is 2. The number of hydrazine groups is 1. The van der Waals surface area contributed by atoms with Crippen molar-refractivity contribution in [3.8, 4) is 12.3 Å². The van der Waals surface area contributed by atoms with Gasteiger partial charge in [0.05, 0.1) is 5.39 Å². The smallest absolute Gasteiger partial charge is 0.241 e. The Balaban J connectivity index is 1.90. The number of nitrogens with zero attached hydrogens (tertiary/aromatic N) is 3. The monoisotopic (exact) mass is 291 g/mol. The van der Waals surface area contributed by atoms with E-state index in [2.05, 4.69) is 26.3 Å². The second kappa shape index (κ2) is 4.74. The molecule has 1 saturated heterocycles. The summed E-state index contributed by atoms with van der Waals surface area (Å²) in [7, 11) is 0. The molecule has 6 heteroatoms. The van der Waals surface area contributed by atoms with Crippen molar-refractivity contribution >= 4 is 33.7 Å². The molecule has 1 fully saturated rings. The molecule has 0 saturated carbocycles. The molecule has 2 aromatic heterocycles. The summed E-state index contributed by atoms with van der Waals surface area (Å²) in [6, 6.07) is 5.73. The topological polar surface area (TPSA) is 73.9 Å². The molecule has 108 valence electrons. The highest BCUT2D eigenvalue weighted by molar-refractivity contribution is 6.11. The maximum atomic E-state index is 11.8. The molecule has 0 aliphatic carbocycles. The van der Waals surface area contributed by atoms with Gasteiger partial charge in [-0.25, -0.2) is 9.97 Å². The first-order chi connectivity index (χ1) is 10.8. The quantitative estimate of drug-likeness (QED) is 0.709. The zero-order valence-electron chi connectivity index (χ0n) is 11.8. The van der Waals surface area contributed by atoms with E-state index in [0.717, 1.165) is 28.3 Å². The van der Waals surface area contributed by atoms with Crippen LogP contribution in [0.3, 0.4) is 0 Å². The molecule has 1 aliphatic heterocycles. The number of benzene rings is 1. The van der Waals surface area contributed by atoms with E-state index in [1.54, 1.807) is 5.01 Å². The maximum absolute atomic E-state index is 11.8. The SMILES string of the molecule is C#Cc1ccc2[nH]c3ncnc(NN4CCCC4=O)c3c2c1. The van der Waals surface area contributed by atoms with Crippen molar-refractivity contribution in [2.24, 2.45) is 0 Å². The number of carbonyl (C=O) groups is 1. The predicted molar refractivity (Wildman–Crippen MR) is 83.9 cm³/mol. The molecule has 4 rings (SSSR count). The van der Waals surface area contributed by atoms with Crippen LogP contribution in [-0.2, 0) is 4.79 Å². The van der Waals surface area contributed by atoms with E-state index < -0.39 is 0 Å². The number of carbonyl (C=O) groups excluding carboxylic acids is 1. The number of H-pyrrole nitrogens is 1. The molecule has 0 spiro atoms. The van der Waals surface area contributed by atoms with Gasteiger partial charge in [-0.15, -0.1) is 6.42 Å². The highest BCUT2D eigenvalue weighted by Crippen LogP contribution is 2.30. The van der Waals surface area contributed by atoms with Gasteiger partial charge in [-0.1, -0.05) is 5.92 Å². The van der Waals surface area contributed by atoms with Gasteiger partial charge in [0, 0.05) is 29.4 Å². The molecule has 0 atom stereocenters. The lowest BCUT2D eigenvalue weighted by Crippen LogP contribution is -2.31. The van der Waals surface area contributed by atoms with Crippen molar-refractivity contribution in [3.63, 3.8) is 0 Å². The lowest BCUT2D eigenvalue weighted by Gasteiger charge is -2.17. The van der Waals surface area contributed by atoms with Gasteiger partial charge in [0.25, 0.3) is 0 Å². The highest BCUT2D eigenvalue weighted by Gasteiger charge is 2.22. The number of terminal acetylenes is 1. The number of hydrogen-bond acceptors (Lipinski definition) is 4. The molecule has 3 aromatic rings. The normalized spacial score (nSPS) is 14.7. The van der Waals surface area contributed by atoms with E-state index in [4.69, 9.17) is 6.42 Å². The van der Waals surface area contributed by atoms with E-state index in [-0.39, 0.29) is 5.91 Å². The molecule has 2 N–H and O–H groups in total. The van der Waals surface area contributed by atoms with Crippen LogP contribution in [0.25, 0.3) is 21.9 Å². The number of hydrogen-bond donors (Lipinski definition) is 2. The first kappa shape index (κ1) is 12.7. The Hall–Kier alpha value is -3.07. The summed E-state index contributed by atoms with van der Waals surface area (Å²) in [5, 5.41) is 3.39. The van der Waals surface area contributed by atoms with Crippen LogP contribution in [-0.4, -0.2) is 32.4 Å². The molecular formula is C16H13N5O. The summed E-state index contributed by atoms with van der Waals surface area (Å²) < 4.78 is 0. The first-order valence-corrected chi connectivity index (χ1v) is 7.06. The summed E-state index contributed by atoms with van der Waals surface area (Å²) in [5.41, 5.74) is 5.55. The van der Waals surface area contributed by atoms with Crippen molar-refractivity contribution in [3.05, 3.63) is 30.1 Å². The number of aromatic amines is 1. The summed E-state index contributed by atoms with van der Waals surface area (Å²) in [5.74, 6) is 3.32. The van der Waals surface area contributed by atoms with Crippen molar-refractivity contribution in [1.82, 2.24) is 20.0 Å². The average Bonchev–Trinajstić information content (AvgIpc) is 3.10. The second-order valence-electron chi connectivity index (χ2n) is 5.24. The molecule has 1 aliphatic rings. The lowest BCUT2D eigenvalue weighted by molar-refractivity contribution is -0.126. The van der Waals surface area contributed by atoms with Gasteiger partial charge in [-0.2, -0.15) is 0 Å². The van der Waals surface area contributed by atoms with Crippen molar-refractivity contribution in [1.29, 1.82) is 0 Å². The lowest BCUT2D eigenvalue weighted by atomic mass is 10.1. The summed E-state index contributed by atoms with van der Waals surface area (Å²) in [6.07, 6.45) is 8.38. The van der Waals surface area contributed by atoms with E-state index in [0.29, 0.717) is 24.4 Å². The molecule has 1 amide bonds. The van der Waals surface area contributed by atoms with Crippen LogP contribution in [0.4, 0.5) is 5.82 Å². The van der Waals surface area contributed by atoms with Gasteiger partial charge in [0.2, 0.25) is 5.91 Å². The summed E-state index contributed by atoms with van der Waals surface area (Å²) in [6.45, 7) is 0.683. The largest absolute Gasteiger partial charge is 0.339 e. The van der Waals surface area contributed by atoms with Gasteiger partial charge in [0.1, 0.15) is 12.0 Å². The van der Waals surface area contributed by atoms with Gasteiger partial charge in [-0.05, 0) is 24.6 Å². The number of fused-ring (bicyclic) bond motifs is 3. The second-order valence-corrected chi connectivity index (χ2v) is 5.24. The van der Waals surface area contributed by atoms with Gasteiger partial charge in [-0.3, -0.25) is 15.2 Å². The summed E-state index contributed by atoms with van der Waals surface area (Å²) in [4.78, 5) is 23.6. The van der Waals surface area contributed by atoms with Crippen LogP contribution in [0.5, 0.6) is 0 Å². The minimum Gasteiger partial charge on any atom is -0.339 e. The number of amides is 1. The molecule has 0 radical (unpaired) electrons. The molecule has 1 aromatic carbocycles. The molecule has 6 nitrogen and oxygen atoms in total. The van der Waals surface area contributed by atoms with E-state index in [1.165, 1.54) is 6.33 Å². The number of aromatic nitrogens is 3. The Bertz CT molecular complexity index is 937. The van der Waals surface area contributed by atoms with Crippen molar-refractivity contribution in [2.45, 2.75) is 12.8 Å². The van der Waals surface area contributed by atoms with E-state index in [9.17, 15) is 4.79 Å². The molecule has 0 bridgehead atoms. The van der Waals surface area contributed by atoms with Crippen LogP contribution < -0.4 is 5.43 Å². The molecule has 3 heterocycles. The zero-order chi connectivity index (χ0) is 15.1. The Morgan fingerprint density at radius 2 is 2.27 bits per heavy atom. The van der Waals surface area contributed by atoms with E-state index >= 15 is 0 Å². The third kappa shape index (κ3) is 1.87. The van der Waals surface area contributed by atoms with Crippen LogP contribution in [0.15, 0.2) is 24.5 Å². The zero-order valence-corrected chi connectivity index (χ0v) is 11.8. The first-order valence-electron chi connectivity index (χ1n) is 7.06. The fourth-order valence-electron chi connectivity index (χ4n) is 2.79. The number of anilines is 1. The Morgan fingerprint density at radius 1 is 1.36 bits per heavy atom. The third-order valence-corrected chi connectivity index (χ3v) is 3.87. The van der Waals surface area contributed by atoms with Gasteiger partial charge >= 0.3 is 0 Å². The fourth-order valence-corrected chi connectivity index (χ4v) is 2.79. The molecule has 0 unspecified atom stereocenters. The minimum atomic E-state index is 0.0796. The summed E-state index contributed by atoms with van der Waals surface area (Å²) >= 11 is 0. The van der Waals surface area contributed by atoms with Gasteiger partial charge < -0.3 is 4.98 Å². The highest BCUT2D eigenvalue weighted by atomic mass is 16.2. The third-order valence-electron chi connectivity index (χ3n) is 3.87.